The summed E-state index contributed by atoms with van der Waals surface area (Å²) >= 11 is 0. The zero-order valence-electron chi connectivity index (χ0n) is 33.1. The molecule has 1 aliphatic carbocycles. The standard InChI is InChI=1S/C59H40/c1-59(2)55-34-32-42(35-54(55)52-33-31-38-13-3-6-16-45(38)58(52)59)37-23-27-40(28-24-37)56-48-19-9-11-21-50(48)57(51-22-12-10-20-49(51)56)41-29-25-39(26-30-41)53-36-43-14-4-5-15-44(43)46-17-7-8-18-47(46)53/h3-36H,1-2H3. The molecule has 0 atom stereocenters. The van der Waals surface area contributed by atoms with Crippen molar-refractivity contribution in [1.29, 1.82) is 0 Å². The second-order valence-corrected chi connectivity index (χ2v) is 16.8. The van der Waals surface area contributed by atoms with E-state index in [2.05, 4.69) is 220 Å². The van der Waals surface area contributed by atoms with Crippen LogP contribution in [-0.2, 0) is 5.41 Å². The zero-order chi connectivity index (χ0) is 39.2. The molecule has 276 valence electrons. The summed E-state index contributed by atoms with van der Waals surface area (Å²) in [6.45, 7) is 4.75. The lowest BCUT2D eigenvalue weighted by Gasteiger charge is -2.23. The van der Waals surface area contributed by atoms with Gasteiger partial charge < -0.3 is 0 Å². The van der Waals surface area contributed by atoms with Gasteiger partial charge in [0.15, 0.2) is 0 Å². The van der Waals surface area contributed by atoms with Crippen LogP contribution in [-0.4, -0.2) is 0 Å². The van der Waals surface area contributed by atoms with Crippen molar-refractivity contribution >= 4 is 53.9 Å². The topological polar surface area (TPSA) is 0 Å². The molecular formula is C59H40. The summed E-state index contributed by atoms with van der Waals surface area (Å²) in [5.74, 6) is 0. The van der Waals surface area contributed by atoms with Gasteiger partial charge in [0.2, 0.25) is 0 Å². The van der Waals surface area contributed by atoms with Crippen LogP contribution in [0.2, 0.25) is 0 Å². The molecule has 0 unspecified atom stereocenters. The summed E-state index contributed by atoms with van der Waals surface area (Å²) < 4.78 is 0. The fourth-order valence-electron chi connectivity index (χ4n) is 10.5. The largest absolute Gasteiger partial charge is 0.0616 e. The molecule has 0 heteroatoms. The lowest BCUT2D eigenvalue weighted by atomic mass is 9.80. The Labute approximate surface area is 344 Å². The van der Waals surface area contributed by atoms with E-state index in [0.29, 0.717) is 0 Å². The molecule has 59 heavy (non-hydrogen) atoms. The summed E-state index contributed by atoms with van der Waals surface area (Å²) in [6.07, 6.45) is 0. The Morgan fingerprint density at radius 2 is 0.729 bits per heavy atom. The SMILES string of the molecule is CC1(C)c2ccc(-c3ccc(-c4c5ccccc5c(-c5ccc(-c6cc7ccccc7c7ccccc67)cc5)c5ccccc45)cc3)cc2-c2ccc3ccccc3c21. The van der Waals surface area contributed by atoms with Gasteiger partial charge >= 0.3 is 0 Å². The first-order valence-corrected chi connectivity index (χ1v) is 20.8. The molecule has 0 bridgehead atoms. The van der Waals surface area contributed by atoms with Crippen molar-refractivity contribution in [3.8, 4) is 55.6 Å². The number of rotatable bonds is 4. The second-order valence-electron chi connectivity index (χ2n) is 16.8. The Morgan fingerprint density at radius 1 is 0.271 bits per heavy atom. The van der Waals surface area contributed by atoms with E-state index in [-0.39, 0.29) is 5.41 Å². The fraction of sp³-hybridized carbons (Fsp3) is 0.0508. The van der Waals surface area contributed by atoms with Gasteiger partial charge in [0.05, 0.1) is 0 Å². The molecule has 11 aromatic carbocycles. The highest BCUT2D eigenvalue weighted by Gasteiger charge is 2.37. The van der Waals surface area contributed by atoms with Gasteiger partial charge in [-0.05, 0) is 133 Å². The van der Waals surface area contributed by atoms with Crippen LogP contribution in [0.15, 0.2) is 206 Å². The minimum Gasteiger partial charge on any atom is -0.0616 e. The van der Waals surface area contributed by atoms with Gasteiger partial charge in [-0.1, -0.05) is 208 Å². The van der Waals surface area contributed by atoms with E-state index < -0.39 is 0 Å². The van der Waals surface area contributed by atoms with E-state index in [1.807, 2.05) is 0 Å². The van der Waals surface area contributed by atoms with E-state index >= 15 is 0 Å². The van der Waals surface area contributed by atoms with Crippen molar-refractivity contribution in [3.05, 3.63) is 217 Å². The first-order valence-electron chi connectivity index (χ1n) is 20.8. The van der Waals surface area contributed by atoms with E-state index in [4.69, 9.17) is 0 Å². The maximum atomic E-state index is 2.42. The zero-order valence-corrected chi connectivity index (χ0v) is 33.1. The normalized spacial score (nSPS) is 13.1. The molecule has 11 aromatic rings. The smallest absolute Gasteiger partial charge is 0.0165 e. The lowest BCUT2D eigenvalue weighted by molar-refractivity contribution is 0.666. The van der Waals surface area contributed by atoms with Gasteiger partial charge in [-0.15, -0.1) is 0 Å². The van der Waals surface area contributed by atoms with Gasteiger partial charge in [0.25, 0.3) is 0 Å². The molecule has 12 rings (SSSR count). The van der Waals surface area contributed by atoms with Gasteiger partial charge in [-0.2, -0.15) is 0 Å². The van der Waals surface area contributed by atoms with Crippen LogP contribution < -0.4 is 0 Å². The van der Waals surface area contributed by atoms with Crippen LogP contribution in [0.4, 0.5) is 0 Å². The van der Waals surface area contributed by atoms with Crippen LogP contribution in [0.1, 0.15) is 25.0 Å². The first-order chi connectivity index (χ1) is 29.0. The third kappa shape index (κ3) is 5.09. The summed E-state index contributed by atoms with van der Waals surface area (Å²) in [5.41, 5.74) is 15.5. The van der Waals surface area contributed by atoms with E-state index in [0.717, 1.165) is 0 Å². The molecule has 1 aliphatic rings. The van der Waals surface area contributed by atoms with Crippen molar-refractivity contribution in [2.45, 2.75) is 19.3 Å². The fourth-order valence-corrected chi connectivity index (χ4v) is 10.5. The maximum absolute atomic E-state index is 2.42. The predicted molar refractivity (Wildman–Crippen MR) is 253 cm³/mol. The molecule has 0 spiro atoms. The highest BCUT2D eigenvalue weighted by atomic mass is 14.4. The van der Waals surface area contributed by atoms with Crippen molar-refractivity contribution in [2.75, 3.05) is 0 Å². The van der Waals surface area contributed by atoms with Crippen LogP contribution in [0.3, 0.4) is 0 Å². The summed E-state index contributed by atoms with van der Waals surface area (Å²) in [4.78, 5) is 0. The van der Waals surface area contributed by atoms with Crippen LogP contribution in [0, 0.1) is 0 Å². The average molecular weight is 749 g/mol. The second kappa shape index (κ2) is 12.9. The molecule has 0 nitrogen and oxygen atoms in total. The van der Waals surface area contributed by atoms with Crippen molar-refractivity contribution in [2.24, 2.45) is 0 Å². The third-order valence-electron chi connectivity index (χ3n) is 13.2. The molecule has 0 amide bonds. The Hall–Kier alpha value is -7.28. The summed E-state index contributed by atoms with van der Waals surface area (Å²) in [7, 11) is 0. The Balaban J connectivity index is 0.954. The van der Waals surface area contributed by atoms with Gasteiger partial charge in [0, 0.05) is 5.41 Å². The van der Waals surface area contributed by atoms with Crippen molar-refractivity contribution < 1.29 is 0 Å². The van der Waals surface area contributed by atoms with Gasteiger partial charge in [0.1, 0.15) is 0 Å². The van der Waals surface area contributed by atoms with Crippen LogP contribution >= 0.6 is 0 Å². The Bertz CT molecular complexity index is 3430. The molecule has 0 fully saturated rings. The molecular weight excluding hydrogens is 709 g/mol. The molecule has 0 heterocycles. The highest BCUT2D eigenvalue weighted by molar-refractivity contribution is 6.21. The number of fused-ring (bicyclic) bond motifs is 10. The van der Waals surface area contributed by atoms with Gasteiger partial charge in [-0.3, -0.25) is 0 Å². The Morgan fingerprint density at radius 3 is 1.34 bits per heavy atom. The molecule has 0 saturated heterocycles. The highest BCUT2D eigenvalue weighted by Crippen LogP contribution is 2.52. The predicted octanol–water partition coefficient (Wildman–Crippen LogP) is 16.4. The molecule has 0 aromatic heterocycles. The number of hydrogen-bond donors (Lipinski definition) is 0. The van der Waals surface area contributed by atoms with Crippen molar-refractivity contribution in [3.63, 3.8) is 0 Å². The van der Waals surface area contributed by atoms with Gasteiger partial charge in [-0.25, -0.2) is 0 Å². The van der Waals surface area contributed by atoms with Crippen LogP contribution in [0.5, 0.6) is 0 Å². The lowest BCUT2D eigenvalue weighted by Crippen LogP contribution is -2.15. The summed E-state index contributed by atoms with van der Waals surface area (Å²) in [6, 6.07) is 76.8. The minimum atomic E-state index is -0.0592. The van der Waals surface area contributed by atoms with Crippen LogP contribution in [0.25, 0.3) is 109 Å². The summed E-state index contributed by atoms with van der Waals surface area (Å²) in [5, 5.41) is 12.9. The average Bonchev–Trinajstić information content (AvgIpc) is 3.53. The molecule has 0 aliphatic heterocycles. The van der Waals surface area contributed by atoms with E-state index in [9.17, 15) is 0 Å². The minimum absolute atomic E-state index is 0.0592. The first kappa shape index (κ1) is 33.8. The quantitative estimate of drug-likeness (QED) is 0.124. The number of benzene rings is 11. The maximum Gasteiger partial charge on any atom is 0.0165 e. The van der Waals surface area contributed by atoms with Crippen molar-refractivity contribution in [1.82, 2.24) is 0 Å². The molecule has 0 saturated carbocycles. The van der Waals surface area contributed by atoms with E-state index in [1.165, 1.54) is 121 Å². The Kier molecular flexibility index (Phi) is 7.38. The number of hydrogen-bond acceptors (Lipinski definition) is 0. The molecule has 0 radical (unpaired) electrons. The third-order valence-corrected chi connectivity index (χ3v) is 13.2. The monoisotopic (exact) mass is 748 g/mol. The van der Waals surface area contributed by atoms with E-state index in [1.54, 1.807) is 0 Å². The molecule has 0 N–H and O–H groups in total.